The number of carbonyl (C=O) groups excluding carboxylic acids is 1. The van der Waals surface area contributed by atoms with Crippen molar-refractivity contribution in [2.75, 3.05) is 0 Å². The summed E-state index contributed by atoms with van der Waals surface area (Å²) in [5.74, 6) is 0. The van der Waals surface area contributed by atoms with Gasteiger partial charge in [-0.1, -0.05) is 20.3 Å². The van der Waals surface area contributed by atoms with Gasteiger partial charge in [-0.2, -0.15) is 0 Å². The zero-order valence-electron chi connectivity index (χ0n) is 13.1. The van der Waals surface area contributed by atoms with Crippen LogP contribution in [0, 0.1) is 0 Å². The molecule has 1 amide bonds. The van der Waals surface area contributed by atoms with Crippen molar-refractivity contribution in [1.82, 2.24) is 10.6 Å². The Hall–Kier alpha value is -0.770. The van der Waals surface area contributed by atoms with E-state index in [1.165, 1.54) is 19.3 Å². The molecule has 1 aliphatic rings. The van der Waals surface area contributed by atoms with Gasteiger partial charge in [0.1, 0.15) is 5.60 Å². The zero-order valence-corrected chi connectivity index (χ0v) is 13.1. The standard InChI is InChI=1S/C15H30N2O2/c1-6-8-11(7-2)16-12-9-13(10-12)17-14(18)19-15(3,4)5/h11-13,16H,6-10H2,1-5H3,(H,17,18). The number of rotatable bonds is 6. The van der Waals surface area contributed by atoms with E-state index < -0.39 is 5.60 Å². The summed E-state index contributed by atoms with van der Waals surface area (Å²) in [4.78, 5) is 11.6. The molecule has 0 spiro atoms. The first-order valence-electron chi connectivity index (χ1n) is 7.59. The fourth-order valence-electron chi connectivity index (χ4n) is 2.43. The first-order chi connectivity index (χ1) is 8.84. The molecule has 4 nitrogen and oxygen atoms in total. The molecule has 1 fully saturated rings. The van der Waals surface area contributed by atoms with Gasteiger partial charge in [0.05, 0.1) is 0 Å². The van der Waals surface area contributed by atoms with Crippen LogP contribution in [0.2, 0.25) is 0 Å². The molecule has 1 saturated carbocycles. The lowest BCUT2D eigenvalue weighted by atomic mass is 9.86. The number of hydrogen-bond donors (Lipinski definition) is 2. The number of hydrogen-bond acceptors (Lipinski definition) is 3. The Balaban J connectivity index is 2.18. The Kier molecular flexibility index (Phi) is 6.11. The summed E-state index contributed by atoms with van der Waals surface area (Å²) in [6, 6.07) is 1.44. The summed E-state index contributed by atoms with van der Waals surface area (Å²) in [6.45, 7) is 10.1. The van der Waals surface area contributed by atoms with Gasteiger partial charge in [0, 0.05) is 18.1 Å². The summed E-state index contributed by atoms with van der Waals surface area (Å²) in [5.41, 5.74) is -0.417. The summed E-state index contributed by atoms with van der Waals surface area (Å²) in [7, 11) is 0. The van der Waals surface area contributed by atoms with E-state index in [1.54, 1.807) is 0 Å². The lowest BCUT2D eigenvalue weighted by Crippen LogP contribution is -2.55. The summed E-state index contributed by atoms with van der Waals surface area (Å²) in [5, 5.41) is 6.59. The van der Waals surface area contributed by atoms with Gasteiger partial charge in [0.25, 0.3) is 0 Å². The second kappa shape index (κ2) is 7.13. The predicted molar refractivity (Wildman–Crippen MR) is 78.3 cm³/mol. The van der Waals surface area contributed by atoms with Crippen molar-refractivity contribution in [2.24, 2.45) is 0 Å². The van der Waals surface area contributed by atoms with E-state index >= 15 is 0 Å². The lowest BCUT2D eigenvalue weighted by molar-refractivity contribution is 0.0462. The fourth-order valence-corrected chi connectivity index (χ4v) is 2.43. The molecule has 0 heterocycles. The number of nitrogens with one attached hydrogen (secondary N) is 2. The molecule has 0 bridgehead atoms. The third-order valence-electron chi connectivity index (χ3n) is 3.46. The quantitative estimate of drug-likeness (QED) is 0.779. The van der Waals surface area contributed by atoms with Gasteiger partial charge >= 0.3 is 6.09 Å². The highest BCUT2D eigenvalue weighted by Gasteiger charge is 2.32. The predicted octanol–water partition coefficient (Wildman–Crippen LogP) is 3.21. The molecular weight excluding hydrogens is 240 g/mol. The van der Waals surface area contributed by atoms with Crippen LogP contribution in [-0.4, -0.2) is 29.8 Å². The minimum absolute atomic E-state index is 0.270. The van der Waals surface area contributed by atoms with E-state index in [0.717, 1.165) is 12.8 Å². The average Bonchev–Trinajstić information content (AvgIpc) is 2.22. The Morgan fingerprint density at radius 2 is 1.89 bits per heavy atom. The molecule has 0 aromatic rings. The minimum atomic E-state index is -0.417. The van der Waals surface area contributed by atoms with Gasteiger partial charge in [-0.05, 0) is 46.5 Å². The van der Waals surface area contributed by atoms with Crippen molar-refractivity contribution < 1.29 is 9.53 Å². The third-order valence-corrected chi connectivity index (χ3v) is 3.46. The van der Waals surface area contributed by atoms with Crippen LogP contribution in [0.5, 0.6) is 0 Å². The first-order valence-corrected chi connectivity index (χ1v) is 7.59. The zero-order chi connectivity index (χ0) is 14.5. The number of amides is 1. The summed E-state index contributed by atoms with van der Waals surface area (Å²) < 4.78 is 5.25. The molecule has 112 valence electrons. The van der Waals surface area contributed by atoms with E-state index in [4.69, 9.17) is 4.74 Å². The van der Waals surface area contributed by atoms with E-state index in [9.17, 15) is 4.79 Å². The Morgan fingerprint density at radius 3 is 2.37 bits per heavy atom. The normalized spacial score (nSPS) is 24.5. The van der Waals surface area contributed by atoms with Crippen molar-refractivity contribution in [2.45, 2.75) is 90.4 Å². The molecule has 2 N–H and O–H groups in total. The largest absolute Gasteiger partial charge is 0.444 e. The van der Waals surface area contributed by atoms with Gasteiger partial charge in [-0.15, -0.1) is 0 Å². The van der Waals surface area contributed by atoms with Crippen LogP contribution in [0.1, 0.15) is 66.7 Å². The molecule has 1 rings (SSSR count). The highest BCUT2D eigenvalue weighted by Crippen LogP contribution is 2.22. The highest BCUT2D eigenvalue weighted by atomic mass is 16.6. The Labute approximate surface area is 117 Å². The van der Waals surface area contributed by atoms with Crippen molar-refractivity contribution >= 4 is 6.09 Å². The lowest BCUT2D eigenvalue weighted by Gasteiger charge is -2.38. The van der Waals surface area contributed by atoms with Gasteiger partial charge in [0.15, 0.2) is 0 Å². The Bertz CT molecular complexity index is 280. The van der Waals surface area contributed by atoms with Crippen molar-refractivity contribution in [1.29, 1.82) is 0 Å². The second-order valence-corrected chi connectivity index (χ2v) is 6.57. The molecule has 4 heteroatoms. The number of alkyl carbamates (subject to hydrolysis) is 1. The maximum absolute atomic E-state index is 11.6. The van der Waals surface area contributed by atoms with Crippen LogP contribution in [0.3, 0.4) is 0 Å². The monoisotopic (exact) mass is 270 g/mol. The van der Waals surface area contributed by atoms with Crippen LogP contribution >= 0.6 is 0 Å². The Morgan fingerprint density at radius 1 is 1.26 bits per heavy atom. The molecule has 19 heavy (non-hydrogen) atoms. The van der Waals surface area contributed by atoms with Gasteiger partial charge in [-0.25, -0.2) is 4.79 Å². The van der Waals surface area contributed by atoms with Crippen LogP contribution in [0.4, 0.5) is 4.79 Å². The molecule has 0 saturated heterocycles. The minimum Gasteiger partial charge on any atom is -0.444 e. The van der Waals surface area contributed by atoms with Crippen LogP contribution in [0.25, 0.3) is 0 Å². The maximum Gasteiger partial charge on any atom is 0.407 e. The first kappa shape index (κ1) is 16.3. The SMILES string of the molecule is CCCC(CC)NC1CC(NC(=O)OC(C)(C)C)C1. The van der Waals surface area contributed by atoms with Crippen molar-refractivity contribution in [3.8, 4) is 0 Å². The highest BCUT2D eigenvalue weighted by molar-refractivity contribution is 5.68. The van der Waals surface area contributed by atoms with Crippen molar-refractivity contribution in [3.63, 3.8) is 0 Å². The summed E-state index contributed by atoms with van der Waals surface area (Å²) in [6.07, 6.45) is 5.36. The number of carbonyl (C=O) groups is 1. The molecule has 0 radical (unpaired) electrons. The molecule has 1 aliphatic carbocycles. The van der Waals surface area contributed by atoms with Crippen LogP contribution < -0.4 is 10.6 Å². The van der Waals surface area contributed by atoms with E-state index in [1.807, 2.05) is 20.8 Å². The molecule has 1 atom stereocenters. The van der Waals surface area contributed by atoms with E-state index in [-0.39, 0.29) is 12.1 Å². The molecule has 0 aromatic heterocycles. The van der Waals surface area contributed by atoms with Crippen LogP contribution in [0.15, 0.2) is 0 Å². The van der Waals surface area contributed by atoms with Crippen LogP contribution in [-0.2, 0) is 4.74 Å². The average molecular weight is 270 g/mol. The molecule has 1 unspecified atom stereocenters. The molecule has 0 aromatic carbocycles. The number of ether oxygens (including phenoxy) is 1. The molecular formula is C15H30N2O2. The van der Waals surface area contributed by atoms with Gasteiger partial charge in [-0.3, -0.25) is 0 Å². The second-order valence-electron chi connectivity index (χ2n) is 6.57. The van der Waals surface area contributed by atoms with Gasteiger partial charge in [0.2, 0.25) is 0 Å². The maximum atomic E-state index is 11.6. The van der Waals surface area contributed by atoms with Crippen molar-refractivity contribution in [3.05, 3.63) is 0 Å². The third kappa shape index (κ3) is 6.28. The van der Waals surface area contributed by atoms with E-state index in [0.29, 0.717) is 12.1 Å². The molecule has 0 aliphatic heterocycles. The van der Waals surface area contributed by atoms with Gasteiger partial charge < -0.3 is 15.4 Å². The summed E-state index contributed by atoms with van der Waals surface area (Å²) >= 11 is 0. The topological polar surface area (TPSA) is 50.4 Å². The van der Waals surface area contributed by atoms with E-state index in [2.05, 4.69) is 24.5 Å². The fraction of sp³-hybridized carbons (Fsp3) is 0.933. The smallest absolute Gasteiger partial charge is 0.407 e.